The molecule has 1 aromatic heterocycles. The van der Waals surface area contributed by atoms with Gasteiger partial charge in [-0.2, -0.15) is 0 Å². The fourth-order valence-corrected chi connectivity index (χ4v) is 2.56. The van der Waals surface area contributed by atoms with Crippen molar-refractivity contribution in [2.75, 3.05) is 0 Å². The van der Waals surface area contributed by atoms with Crippen LogP contribution in [0.4, 0.5) is 4.39 Å². The van der Waals surface area contributed by atoms with Crippen LogP contribution in [0.3, 0.4) is 0 Å². The number of hydrogen-bond acceptors (Lipinski definition) is 2. The van der Waals surface area contributed by atoms with Crippen LogP contribution >= 0.6 is 0 Å². The van der Waals surface area contributed by atoms with Crippen molar-refractivity contribution in [1.82, 2.24) is 4.57 Å². The summed E-state index contributed by atoms with van der Waals surface area (Å²) in [6, 6.07) is 5.79. The van der Waals surface area contributed by atoms with Gasteiger partial charge in [0.15, 0.2) is 0 Å². The van der Waals surface area contributed by atoms with Gasteiger partial charge in [0.25, 0.3) is 0 Å². The van der Waals surface area contributed by atoms with Crippen molar-refractivity contribution >= 4 is 5.97 Å². The Morgan fingerprint density at radius 2 is 1.90 bits per heavy atom. The summed E-state index contributed by atoms with van der Waals surface area (Å²) in [6.07, 6.45) is 3.38. The summed E-state index contributed by atoms with van der Waals surface area (Å²) in [5.41, 5.74) is 0.827. The number of rotatable bonds is 3. The Morgan fingerprint density at radius 1 is 1.29 bits per heavy atom. The molecule has 0 saturated heterocycles. The van der Waals surface area contributed by atoms with E-state index in [2.05, 4.69) is 0 Å². The minimum Gasteiger partial charge on any atom is -0.477 e. The molecule has 1 aliphatic carbocycles. The molecule has 0 unspecified atom stereocenters. The van der Waals surface area contributed by atoms with Gasteiger partial charge in [-0.05, 0) is 37.5 Å². The van der Waals surface area contributed by atoms with Crippen molar-refractivity contribution in [3.8, 4) is 11.1 Å². The molecule has 21 heavy (non-hydrogen) atoms. The van der Waals surface area contributed by atoms with Crippen LogP contribution in [0.15, 0.2) is 35.3 Å². The van der Waals surface area contributed by atoms with E-state index in [0.29, 0.717) is 11.1 Å². The number of carboxylic acid groups (broad SMARTS) is 1. The van der Waals surface area contributed by atoms with Crippen LogP contribution in [0.2, 0.25) is 0 Å². The quantitative estimate of drug-likeness (QED) is 0.944. The predicted molar refractivity (Wildman–Crippen MR) is 76.1 cm³/mol. The minimum atomic E-state index is -1.24. The van der Waals surface area contributed by atoms with Gasteiger partial charge >= 0.3 is 5.97 Å². The third kappa shape index (κ3) is 2.35. The number of aromatic carboxylic acids is 1. The molecule has 1 aromatic carbocycles. The zero-order valence-electron chi connectivity index (χ0n) is 11.5. The van der Waals surface area contributed by atoms with Crippen molar-refractivity contribution in [2.24, 2.45) is 0 Å². The van der Waals surface area contributed by atoms with E-state index in [4.69, 9.17) is 0 Å². The van der Waals surface area contributed by atoms with E-state index in [9.17, 15) is 19.1 Å². The van der Waals surface area contributed by atoms with E-state index >= 15 is 0 Å². The Labute approximate surface area is 120 Å². The lowest BCUT2D eigenvalue weighted by atomic mass is 10.0. The maximum absolute atomic E-state index is 13.1. The summed E-state index contributed by atoms with van der Waals surface area (Å²) >= 11 is 0. The average Bonchev–Trinajstić information content (AvgIpc) is 3.25. The summed E-state index contributed by atoms with van der Waals surface area (Å²) < 4.78 is 14.9. The highest BCUT2D eigenvalue weighted by atomic mass is 19.1. The molecule has 2 aromatic rings. The standard InChI is InChI=1S/C16H14FNO3/c1-9-14(10-2-4-11(17)5-3-10)15(19)13(16(20)21)8-18(9)12-6-7-12/h2-5,8,12H,6-7H2,1H3,(H,20,21). The second-order valence-corrected chi connectivity index (χ2v) is 5.28. The first-order chi connectivity index (χ1) is 9.99. The average molecular weight is 287 g/mol. The third-order valence-corrected chi connectivity index (χ3v) is 3.79. The summed E-state index contributed by atoms with van der Waals surface area (Å²) in [5, 5.41) is 9.23. The van der Waals surface area contributed by atoms with Gasteiger partial charge in [-0.3, -0.25) is 4.79 Å². The molecule has 4 nitrogen and oxygen atoms in total. The molecule has 1 heterocycles. The molecule has 0 amide bonds. The van der Waals surface area contributed by atoms with Crippen LogP contribution < -0.4 is 5.43 Å². The van der Waals surface area contributed by atoms with E-state index in [1.54, 1.807) is 6.92 Å². The van der Waals surface area contributed by atoms with Crippen LogP contribution in [0.25, 0.3) is 11.1 Å². The molecule has 0 bridgehead atoms. The highest BCUT2D eigenvalue weighted by Crippen LogP contribution is 2.37. The molecule has 1 fully saturated rings. The summed E-state index contributed by atoms with van der Waals surface area (Å²) in [7, 11) is 0. The molecule has 0 atom stereocenters. The number of carboxylic acids is 1. The second-order valence-electron chi connectivity index (χ2n) is 5.28. The number of pyridine rings is 1. The number of hydrogen-bond donors (Lipinski definition) is 1. The van der Waals surface area contributed by atoms with Crippen LogP contribution in [-0.4, -0.2) is 15.6 Å². The van der Waals surface area contributed by atoms with Crippen LogP contribution in [0.1, 0.15) is 34.9 Å². The molecule has 108 valence electrons. The topological polar surface area (TPSA) is 59.3 Å². The molecule has 0 spiro atoms. The first-order valence-electron chi connectivity index (χ1n) is 6.74. The van der Waals surface area contributed by atoms with Gasteiger partial charge in [-0.1, -0.05) is 12.1 Å². The largest absolute Gasteiger partial charge is 0.477 e. The first kappa shape index (κ1) is 13.5. The highest BCUT2D eigenvalue weighted by Gasteiger charge is 2.28. The minimum absolute atomic E-state index is 0.244. The Balaban J connectivity index is 2.29. The fraction of sp³-hybridized carbons (Fsp3) is 0.250. The smallest absolute Gasteiger partial charge is 0.341 e. The Hall–Kier alpha value is -2.43. The predicted octanol–water partition coefficient (Wildman–Crippen LogP) is 3.00. The van der Waals surface area contributed by atoms with Crippen molar-refractivity contribution in [3.63, 3.8) is 0 Å². The molecular weight excluding hydrogens is 273 g/mol. The second kappa shape index (κ2) is 4.84. The molecule has 0 aliphatic heterocycles. The molecular formula is C16H14FNO3. The molecule has 1 aliphatic rings. The monoisotopic (exact) mass is 287 g/mol. The zero-order valence-corrected chi connectivity index (χ0v) is 11.5. The van der Waals surface area contributed by atoms with Crippen LogP contribution in [0.5, 0.6) is 0 Å². The molecule has 1 saturated carbocycles. The van der Waals surface area contributed by atoms with Crippen molar-refractivity contribution in [1.29, 1.82) is 0 Å². The Bertz CT molecular complexity index is 773. The number of benzene rings is 1. The van der Waals surface area contributed by atoms with E-state index in [1.165, 1.54) is 30.5 Å². The van der Waals surface area contributed by atoms with Gasteiger partial charge in [0.05, 0.1) is 0 Å². The van der Waals surface area contributed by atoms with Gasteiger partial charge in [-0.25, -0.2) is 9.18 Å². The van der Waals surface area contributed by atoms with Crippen LogP contribution in [-0.2, 0) is 0 Å². The maximum atomic E-state index is 13.1. The van der Waals surface area contributed by atoms with Gasteiger partial charge in [0.2, 0.25) is 5.43 Å². The lowest BCUT2D eigenvalue weighted by Crippen LogP contribution is -2.22. The van der Waals surface area contributed by atoms with Crippen molar-refractivity contribution < 1.29 is 14.3 Å². The lowest BCUT2D eigenvalue weighted by Gasteiger charge is -2.15. The molecule has 1 N–H and O–H groups in total. The van der Waals surface area contributed by atoms with Gasteiger partial charge < -0.3 is 9.67 Å². The molecule has 3 rings (SSSR count). The SMILES string of the molecule is Cc1c(-c2ccc(F)cc2)c(=O)c(C(=O)O)cn1C1CC1. The number of nitrogens with zero attached hydrogens (tertiary/aromatic N) is 1. The number of aromatic nitrogens is 1. The lowest BCUT2D eigenvalue weighted by molar-refractivity contribution is 0.0694. The Kier molecular flexibility index (Phi) is 3.12. The first-order valence-corrected chi connectivity index (χ1v) is 6.74. The summed E-state index contributed by atoms with van der Waals surface area (Å²) in [5.74, 6) is -1.63. The van der Waals surface area contributed by atoms with Crippen molar-refractivity contribution in [2.45, 2.75) is 25.8 Å². The van der Waals surface area contributed by atoms with E-state index in [0.717, 1.165) is 18.5 Å². The van der Waals surface area contributed by atoms with Crippen LogP contribution in [0, 0.1) is 12.7 Å². The maximum Gasteiger partial charge on any atom is 0.341 e. The molecule has 5 heteroatoms. The third-order valence-electron chi connectivity index (χ3n) is 3.79. The van der Waals surface area contributed by atoms with E-state index in [-0.39, 0.29) is 11.6 Å². The normalized spacial score (nSPS) is 14.2. The van der Waals surface area contributed by atoms with Gasteiger partial charge in [0.1, 0.15) is 11.4 Å². The van der Waals surface area contributed by atoms with Crippen molar-refractivity contribution in [3.05, 3.63) is 57.8 Å². The van der Waals surface area contributed by atoms with Gasteiger partial charge in [-0.15, -0.1) is 0 Å². The van der Waals surface area contributed by atoms with E-state index in [1.807, 2.05) is 4.57 Å². The van der Waals surface area contributed by atoms with Gasteiger partial charge in [0, 0.05) is 23.5 Å². The molecule has 0 radical (unpaired) electrons. The zero-order chi connectivity index (χ0) is 15.1. The number of halogens is 1. The van der Waals surface area contributed by atoms with E-state index < -0.39 is 17.2 Å². The summed E-state index contributed by atoms with van der Waals surface area (Å²) in [6.45, 7) is 1.80. The summed E-state index contributed by atoms with van der Waals surface area (Å²) in [4.78, 5) is 23.7. The highest BCUT2D eigenvalue weighted by molar-refractivity contribution is 5.89. The Morgan fingerprint density at radius 3 is 2.43 bits per heavy atom. The fourth-order valence-electron chi connectivity index (χ4n) is 2.56. The number of carbonyl (C=O) groups is 1.